The SMILES string of the molecule is CN(C)C(C#Cc1ccc(C(C)(C)C)cc1)C1CCCCC1. The summed E-state index contributed by atoms with van der Waals surface area (Å²) in [4.78, 5) is 2.30. The summed E-state index contributed by atoms with van der Waals surface area (Å²) in [5, 5.41) is 0. The molecule has 0 saturated heterocycles. The van der Waals surface area contributed by atoms with E-state index in [2.05, 4.69) is 75.9 Å². The molecule has 1 aromatic rings. The van der Waals surface area contributed by atoms with Gasteiger partial charge in [0.25, 0.3) is 0 Å². The van der Waals surface area contributed by atoms with Crippen molar-refractivity contribution in [2.45, 2.75) is 64.3 Å². The molecule has 1 heteroatoms. The van der Waals surface area contributed by atoms with Gasteiger partial charge in [0.05, 0.1) is 6.04 Å². The Labute approximate surface area is 137 Å². The van der Waals surface area contributed by atoms with Crippen LogP contribution in [0.3, 0.4) is 0 Å². The van der Waals surface area contributed by atoms with Crippen LogP contribution in [0.1, 0.15) is 64.0 Å². The van der Waals surface area contributed by atoms with Gasteiger partial charge in [0.2, 0.25) is 0 Å². The molecule has 1 atom stereocenters. The largest absolute Gasteiger partial charge is 0.296 e. The van der Waals surface area contributed by atoms with Gasteiger partial charge in [-0.1, -0.05) is 64.0 Å². The molecule has 0 spiro atoms. The number of rotatable bonds is 2. The highest BCUT2D eigenvalue weighted by Crippen LogP contribution is 2.28. The molecule has 1 aromatic carbocycles. The lowest BCUT2D eigenvalue weighted by molar-refractivity contribution is 0.214. The number of nitrogens with zero attached hydrogens (tertiary/aromatic N) is 1. The van der Waals surface area contributed by atoms with Crippen molar-refractivity contribution in [2.75, 3.05) is 14.1 Å². The fraction of sp³-hybridized carbons (Fsp3) is 0.619. The van der Waals surface area contributed by atoms with Gasteiger partial charge in [-0.3, -0.25) is 4.90 Å². The van der Waals surface area contributed by atoms with Crippen LogP contribution in [0, 0.1) is 17.8 Å². The van der Waals surface area contributed by atoms with E-state index in [4.69, 9.17) is 0 Å². The zero-order valence-corrected chi connectivity index (χ0v) is 14.9. The standard InChI is InChI=1S/C21H31N/c1-21(2,3)19-14-11-17(12-15-19)13-16-20(22(4)5)18-9-7-6-8-10-18/h11-12,14-15,18,20H,6-10H2,1-5H3. The molecule has 0 aliphatic heterocycles. The molecule has 2 rings (SSSR count). The van der Waals surface area contributed by atoms with E-state index in [0.717, 1.165) is 11.5 Å². The predicted molar refractivity (Wildman–Crippen MR) is 96.1 cm³/mol. The molecule has 120 valence electrons. The third-order valence-corrected chi connectivity index (χ3v) is 4.77. The van der Waals surface area contributed by atoms with Crippen LogP contribution in [-0.2, 0) is 5.41 Å². The highest BCUT2D eigenvalue weighted by molar-refractivity contribution is 5.38. The minimum Gasteiger partial charge on any atom is -0.296 e. The molecule has 0 aromatic heterocycles. The zero-order valence-electron chi connectivity index (χ0n) is 14.9. The fourth-order valence-corrected chi connectivity index (χ4v) is 3.33. The second kappa shape index (κ2) is 7.34. The Hall–Kier alpha value is -1.26. The van der Waals surface area contributed by atoms with Gasteiger partial charge >= 0.3 is 0 Å². The maximum atomic E-state index is 3.54. The average Bonchev–Trinajstić information content (AvgIpc) is 2.48. The Bertz CT molecular complexity index is 516. The molecular weight excluding hydrogens is 266 g/mol. The molecule has 1 unspecified atom stereocenters. The van der Waals surface area contributed by atoms with Crippen molar-refractivity contribution in [1.29, 1.82) is 0 Å². The van der Waals surface area contributed by atoms with Crippen molar-refractivity contribution >= 4 is 0 Å². The van der Waals surface area contributed by atoms with Gasteiger partial charge in [-0.15, -0.1) is 0 Å². The predicted octanol–water partition coefficient (Wildman–Crippen LogP) is 4.85. The summed E-state index contributed by atoms with van der Waals surface area (Å²) in [5.41, 5.74) is 2.71. The van der Waals surface area contributed by atoms with Crippen LogP contribution < -0.4 is 0 Å². The van der Waals surface area contributed by atoms with E-state index in [0.29, 0.717) is 6.04 Å². The van der Waals surface area contributed by atoms with Crippen molar-refractivity contribution in [3.8, 4) is 11.8 Å². The van der Waals surface area contributed by atoms with E-state index in [1.54, 1.807) is 0 Å². The van der Waals surface area contributed by atoms with E-state index in [1.165, 1.54) is 37.7 Å². The first-order chi connectivity index (χ1) is 10.4. The van der Waals surface area contributed by atoms with Crippen molar-refractivity contribution in [2.24, 2.45) is 5.92 Å². The Morgan fingerprint density at radius 3 is 2.09 bits per heavy atom. The van der Waals surface area contributed by atoms with E-state index in [1.807, 2.05) is 0 Å². The molecule has 1 aliphatic rings. The van der Waals surface area contributed by atoms with Gasteiger partial charge < -0.3 is 0 Å². The van der Waals surface area contributed by atoms with Gasteiger partial charge in [-0.25, -0.2) is 0 Å². The van der Waals surface area contributed by atoms with Crippen LogP contribution in [0.4, 0.5) is 0 Å². The zero-order chi connectivity index (χ0) is 16.2. The maximum Gasteiger partial charge on any atom is 0.0741 e. The van der Waals surface area contributed by atoms with Crippen LogP contribution in [-0.4, -0.2) is 25.0 Å². The molecule has 0 heterocycles. The fourth-order valence-electron chi connectivity index (χ4n) is 3.33. The van der Waals surface area contributed by atoms with Crippen LogP contribution in [0.5, 0.6) is 0 Å². The molecule has 22 heavy (non-hydrogen) atoms. The van der Waals surface area contributed by atoms with Gasteiger partial charge in [0.1, 0.15) is 0 Å². The summed E-state index contributed by atoms with van der Waals surface area (Å²) in [6, 6.07) is 9.16. The minimum atomic E-state index is 0.209. The van der Waals surface area contributed by atoms with Crippen LogP contribution in [0.15, 0.2) is 24.3 Å². The summed E-state index contributed by atoms with van der Waals surface area (Å²) in [7, 11) is 4.33. The number of hydrogen-bond donors (Lipinski definition) is 0. The van der Waals surface area contributed by atoms with Gasteiger partial charge in [-0.05, 0) is 56.0 Å². The molecule has 0 N–H and O–H groups in total. The summed E-state index contributed by atoms with van der Waals surface area (Å²) < 4.78 is 0. The van der Waals surface area contributed by atoms with E-state index in [-0.39, 0.29) is 5.41 Å². The van der Waals surface area contributed by atoms with Gasteiger partial charge in [0, 0.05) is 5.56 Å². The van der Waals surface area contributed by atoms with E-state index < -0.39 is 0 Å². The highest BCUT2D eigenvalue weighted by atomic mass is 15.1. The molecule has 1 fully saturated rings. The van der Waals surface area contributed by atoms with E-state index >= 15 is 0 Å². The van der Waals surface area contributed by atoms with Crippen LogP contribution >= 0.6 is 0 Å². The van der Waals surface area contributed by atoms with Crippen LogP contribution in [0.2, 0.25) is 0 Å². The Balaban J connectivity index is 2.12. The summed E-state index contributed by atoms with van der Waals surface area (Å²) in [5.74, 6) is 7.69. The first-order valence-electron chi connectivity index (χ1n) is 8.66. The first-order valence-corrected chi connectivity index (χ1v) is 8.66. The molecule has 0 radical (unpaired) electrons. The van der Waals surface area contributed by atoms with Crippen molar-refractivity contribution in [3.05, 3.63) is 35.4 Å². The summed E-state index contributed by atoms with van der Waals surface area (Å²) in [6.45, 7) is 6.75. The Kier molecular flexibility index (Phi) is 5.70. The van der Waals surface area contributed by atoms with Crippen molar-refractivity contribution in [1.82, 2.24) is 4.90 Å². The second-order valence-corrected chi connectivity index (χ2v) is 7.90. The highest BCUT2D eigenvalue weighted by Gasteiger charge is 2.23. The normalized spacial score (nSPS) is 17.9. The third-order valence-electron chi connectivity index (χ3n) is 4.77. The smallest absolute Gasteiger partial charge is 0.0741 e. The summed E-state index contributed by atoms with van der Waals surface area (Å²) >= 11 is 0. The van der Waals surface area contributed by atoms with E-state index in [9.17, 15) is 0 Å². The van der Waals surface area contributed by atoms with Crippen LogP contribution in [0.25, 0.3) is 0 Å². The first kappa shape index (κ1) is 17.1. The monoisotopic (exact) mass is 297 g/mol. The number of benzene rings is 1. The molecule has 1 nitrogen and oxygen atoms in total. The van der Waals surface area contributed by atoms with Crippen molar-refractivity contribution < 1.29 is 0 Å². The minimum absolute atomic E-state index is 0.209. The molecule has 0 bridgehead atoms. The Morgan fingerprint density at radius 1 is 1.00 bits per heavy atom. The molecule has 1 aliphatic carbocycles. The van der Waals surface area contributed by atoms with Gasteiger partial charge in [0.15, 0.2) is 0 Å². The Morgan fingerprint density at radius 2 is 1.59 bits per heavy atom. The van der Waals surface area contributed by atoms with Gasteiger partial charge in [-0.2, -0.15) is 0 Å². The van der Waals surface area contributed by atoms with Crippen molar-refractivity contribution in [3.63, 3.8) is 0 Å². The number of hydrogen-bond acceptors (Lipinski definition) is 1. The lowest BCUT2D eigenvalue weighted by Crippen LogP contribution is -2.35. The molecular formula is C21H31N. The quantitative estimate of drug-likeness (QED) is 0.706. The summed E-state index contributed by atoms with van der Waals surface area (Å²) in [6.07, 6.45) is 6.81. The lowest BCUT2D eigenvalue weighted by atomic mass is 9.83. The molecule has 0 amide bonds. The second-order valence-electron chi connectivity index (χ2n) is 7.90. The molecule has 1 saturated carbocycles. The topological polar surface area (TPSA) is 3.24 Å². The third kappa shape index (κ3) is 4.62. The maximum absolute atomic E-state index is 3.54. The average molecular weight is 297 g/mol. The lowest BCUT2D eigenvalue weighted by Gasteiger charge is -2.31.